The van der Waals surface area contributed by atoms with Crippen LogP contribution in [0.1, 0.15) is 41.8 Å². The molecule has 24 heavy (non-hydrogen) atoms. The Morgan fingerprint density at radius 1 is 1.08 bits per heavy atom. The number of carbonyl (C=O) groups is 1. The van der Waals surface area contributed by atoms with Crippen LogP contribution in [0.5, 0.6) is 23.0 Å². The maximum absolute atomic E-state index is 12.9. The van der Waals surface area contributed by atoms with Gasteiger partial charge in [0, 0.05) is 0 Å². The van der Waals surface area contributed by atoms with Crippen LogP contribution in [0.2, 0.25) is 0 Å². The van der Waals surface area contributed by atoms with Crippen molar-refractivity contribution >= 4 is 5.78 Å². The standard InChI is InChI=1S/C19H18O5/c1-2-3-13-18(21)14-9-12(20)5-7-15(14)24-19(13)11-4-6-16-17(8-11)23-10-22-16/h4-9,13,19-20H,2-3,10H2,1H3. The molecule has 0 aromatic heterocycles. The Hall–Kier alpha value is -2.69. The quantitative estimate of drug-likeness (QED) is 0.928. The summed E-state index contributed by atoms with van der Waals surface area (Å²) in [6.45, 7) is 2.26. The first-order chi connectivity index (χ1) is 11.7. The van der Waals surface area contributed by atoms with E-state index in [-0.39, 0.29) is 30.3 Å². The number of benzene rings is 2. The highest BCUT2D eigenvalue weighted by Crippen LogP contribution is 2.44. The highest BCUT2D eigenvalue weighted by Gasteiger charge is 2.38. The predicted molar refractivity (Wildman–Crippen MR) is 86.8 cm³/mol. The molecule has 2 heterocycles. The zero-order chi connectivity index (χ0) is 16.7. The van der Waals surface area contributed by atoms with Gasteiger partial charge in [-0.25, -0.2) is 0 Å². The smallest absolute Gasteiger partial charge is 0.231 e. The Bertz CT molecular complexity index is 798. The molecule has 0 saturated carbocycles. The molecule has 2 aromatic rings. The lowest BCUT2D eigenvalue weighted by Crippen LogP contribution is -2.31. The number of ketones is 1. The van der Waals surface area contributed by atoms with Crippen LogP contribution >= 0.6 is 0 Å². The number of rotatable bonds is 3. The number of ether oxygens (including phenoxy) is 3. The monoisotopic (exact) mass is 326 g/mol. The second-order valence-electron chi connectivity index (χ2n) is 6.09. The van der Waals surface area contributed by atoms with Gasteiger partial charge in [0.2, 0.25) is 6.79 Å². The molecule has 0 fully saturated rings. The molecule has 0 bridgehead atoms. The number of carbonyl (C=O) groups excluding carboxylic acids is 1. The van der Waals surface area contributed by atoms with Gasteiger partial charge in [0.05, 0.1) is 11.5 Å². The first-order valence-corrected chi connectivity index (χ1v) is 8.11. The van der Waals surface area contributed by atoms with E-state index in [0.29, 0.717) is 29.2 Å². The summed E-state index contributed by atoms with van der Waals surface area (Å²) in [6, 6.07) is 10.3. The summed E-state index contributed by atoms with van der Waals surface area (Å²) in [4.78, 5) is 12.9. The van der Waals surface area contributed by atoms with Crippen LogP contribution in [0.3, 0.4) is 0 Å². The lowest BCUT2D eigenvalue weighted by Gasteiger charge is -2.33. The summed E-state index contributed by atoms with van der Waals surface area (Å²) in [6.07, 6.45) is 1.21. The van der Waals surface area contributed by atoms with Gasteiger partial charge in [-0.1, -0.05) is 19.4 Å². The number of hydrogen-bond donors (Lipinski definition) is 1. The zero-order valence-corrected chi connectivity index (χ0v) is 13.3. The molecule has 4 rings (SSSR count). The van der Waals surface area contributed by atoms with Gasteiger partial charge >= 0.3 is 0 Å². The maximum atomic E-state index is 12.9. The Balaban J connectivity index is 1.76. The summed E-state index contributed by atoms with van der Waals surface area (Å²) in [7, 11) is 0. The van der Waals surface area contributed by atoms with Crippen molar-refractivity contribution in [3.05, 3.63) is 47.5 Å². The van der Waals surface area contributed by atoms with Crippen LogP contribution in [-0.4, -0.2) is 17.7 Å². The maximum Gasteiger partial charge on any atom is 0.231 e. The van der Waals surface area contributed by atoms with Crippen molar-refractivity contribution in [3.8, 4) is 23.0 Å². The Labute approximate surface area is 139 Å². The Morgan fingerprint density at radius 2 is 1.88 bits per heavy atom. The van der Waals surface area contributed by atoms with E-state index in [1.54, 1.807) is 6.07 Å². The van der Waals surface area contributed by atoms with Gasteiger partial charge in [-0.15, -0.1) is 0 Å². The van der Waals surface area contributed by atoms with Crippen molar-refractivity contribution in [1.82, 2.24) is 0 Å². The van der Waals surface area contributed by atoms with E-state index in [9.17, 15) is 9.90 Å². The summed E-state index contributed by atoms with van der Waals surface area (Å²) < 4.78 is 16.9. The number of fused-ring (bicyclic) bond motifs is 2. The van der Waals surface area contributed by atoms with Crippen LogP contribution in [0, 0.1) is 5.92 Å². The lowest BCUT2D eigenvalue weighted by atomic mass is 9.83. The minimum atomic E-state index is -0.371. The summed E-state index contributed by atoms with van der Waals surface area (Å²) in [5.74, 6) is 1.69. The van der Waals surface area contributed by atoms with Gasteiger partial charge in [0.1, 0.15) is 17.6 Å². The molecule has 5 heteroatoms. The van der Waals surface area contributed by atoms with E-state index >= 15 is 0 Å². The topological polar surface area (TPSA) is 65.0 Å². The van der Waals surface area contributed by atoms with Crippen molar-refractivity contribution in [3.63, 3.8) is 0 Å². The van der Waals surface area contributed by atoms with Gasteiger partial charge in [0.25, 0.3) is 0 Å². The van der Waals surface area contributed by atoms with E-state index in [2.05, 4.69) is 0 Å². The Kier molecular flexibility index (Phi) is 3.56. The predicted octanol–water partition coefficient (Wildman–Crippen LogP) is 3.85. The van der Waals surface area contributed by atoms with Crippen molar-refractivity contribution in [2.75, 3.05) is 6.79 Å². The molecular weight excluding hydrogens is 308 g/mol. The van der Waals surface area contributed by atoms with Crippen molar-refractivity contribution < 1.29 is 24.1 Å². The van der Waals surface area contributed by atoms with Crippen LogP contribution in [0.25, 0.3) is 0 Å². The molecule has 2 atom stereocenters. The molecule has 0 amide bonds. The molecule has 0 saturated heterocycles. The molecular formula is C19H18O5. The molecule has 5 nitrogen and oxygen atoms in total. The zero-order valence-electron chi connectivity index (χ0n) is 13.3. The third-order valence-corrected chi connectivity index (χ3v) is 4.51. The van der Waals surface area contributed by atoms with E-state index in [0.717, 1.165) is 12.0 Å². The fraction of sp³-hybridized carbons (Fsp3) is 0.316. The first-order valence-electron chi connectivity index (χ1n) is 8.11. The largest absolute Gasteiger partial charge is 0.508 e. The summed E-state index contributed by atoms with van der Waals surface area (Å²) in [5.41, 5.74) is 1.34. The molecule has 0 spiro atoms. The number of Topliss-reactive ketones (excluding diaryl/α,β-unsaturated/α-hetero) is 1. The van der Waals surface area contributed by atoms with Crippen LogP contribution < -0.4 is 14.2 Å². The number of aromatic hydroxyl groups is 1. The summed E-state index contributed by atoms with van der Waals surface area (Å²) >= 11 is 0. The van der Waals surface area contributed by atoms with E-state index in [4.69, 9.17) is 14.2 Å². The highest BCUT2D eigenvalue weighted by atomic mass is 16.7. The average molecular weight is 326 g/mol. The molecule has 2 aliphatic heterocycles. The second-order valence-corrected chi connectivity index (χ2v) is 6.09. The molecule has 2 aliphatic rings. The molecule has 1 N–H and O–H groups in total. The molecule has 0 aliphatic carbocycles. The fourth-order valence-electron chi connectivity index (χ4n) is 3.35. The van der Waals surface area contributed by atoms with Gasteiger partial charge in [-0.2, -0.15) is 0 Å². The van der Waals surface area contributed by atoms with Crippen molar-refractivity contribution in [2.24, 2.45) is 5.92 Å². The minimum Gasteiger partial charge on any atom is -0.508 e. The Morgan fingerprint density at radius 3 is 2.71 bits per heavy atom. The normalized spacial score (nSPS) is 21.3. The molecule has 0 radical (unpaired) electrons. The second kappa shape index (κ2) is 5.74. The summed E-state index contributed by atoms with van der Waals surface area (Å²) in [5, 5.41) is 9.67. The van der Waals surface area contributed by atoms with Crippen LogP contribution in [0.4, 0.5) is 0 Å². The van der Waals surface area contributed by atoms with Gasteiger partial charge in [-0.3, -0.25) is 4.79 Å². The van der Waals surface area contributed by atoms with Crippen molar-refractivity contribution in [1.29, 1.82) is 0 Å². The van der Waals surface area contributed by atoms with Crippen LogP contribution in [-0.2, 0) is 0 Å². The lowest BCUT2D eigenvalue weighted by molar-refractivity contribution is 0.0634. The fourth-order valence-corrected chi connectivity index (χ4v) is 3.35. The molecule has 124 valence electrons. The minimum absolute atomic E-state index is 0.0108. The van der Waals surface area contributed by atoms with Gasteiger partial charge < -0.3 is 19.3 Å². The molecule has 2 aromatic carbocycles. The average Bonchev–Trinajstić information content (AvgIpc) is 3.05. The van der Waals surface area contributed by atoms with E-state index in [1.807, 2.05) is 25.1 Å². The number of phenols is 1. The molecule has 2 unspecified atom stereocenters. The van der Waals surface area contributed by atoms with E-state index < -0.39 is 0 Å². The number of hydrogen-bond acceptors (Lipinski definition) is 5. The third-order valence-electron chi connectivity index (χ3n) is 4.51. The number of phenolic OH excluding ortho intramolecular Hbond substituents is 1. The van der Waals surface area contributed by atoms with Crippen molar-refractivity contribution in [2.45, 2.75) is 25.9 Å². The first kappa shape index (κ1) is 14.9. The SMILES string of the molecule is CCCC1C(=O)c2cc(O)ccc2OC1c1ccc2c(c1)OCO2. The highest BCUT2D eigenvalue weighted by molar-refractivity contribution is 6.02. The van der Waals surface area contributed by atoms with Crippen LogP contribution in [0.15, 0.2) is 36.4 Å². The third kappa shape index (κ3) is 2.37. The van der Waals surface area contributed by atoms with Gasteiger partial charge in [-0.05, 0) is 42.3 Å². The van der Waals surface area contributed by atoms with Gasteiger partial charge in [0.15, 0.2) is 17.3 Å². The van der Waals surface area contributed by atoms with E-state index in [1.165, 1.54) is 12.1 Å².